The van der Waals surface area contributed by atoms with Gasteiger partial charge in [-0.1, -0.05) is 18.2 Å². The van der Waals surface area contributed by atoms with E-state index in [4.69, 9.17) is 9.15 Å². The van der Waals surface area contributed by atoms with Crippen LogP contribution in [-0.4, -0.2) is 25.6 Å². The number of furan rings is 1. The van der Waals surface area contributed by atoms with Crippen LogP contribution < -0.4 is 15.4 Å². The van der Waals surface area contributed by atoms with E-state index in [-0.39, 0.29) is 6.61 Å². The molecule has 22 heavy (non-hydrogen) atoms. The molecule has 0 bridgehead atoms. The number of amides is 3. The Balaban J connectivity index is 1.79. The molecule has 0 aliphatic carbocycles. The molecule has 1 aromatic heterocycles. The Kier molecular flexibility index (Phi) is 3.65. The van der Waals surface area contributed by atoms with Crippen LogP contribution >= 0.6 is 0 Å². The van der Waals surface area contributed by atoms with Gasteiger partial charge in [-0.3, -0.25) is 10.1 Å². The van der Waals surface area contributed by atoms with E-state index < -0.39 is 11.9 Å². The molecule has 3 rings (SSSR count). The van der Waals surface area contributed by atoms with Gasteiger partial charge in [0, 0.05) is 17.8 Å². The van der Waals surface area contributed by atoms with Gasteiger partial charge in [0.1, 0.15) is 16.9 Å². The van der Waals surface area contributed by atoms with Gasteiger partial charge in [0.2, 0.25) is 0 Å². The molecule has 6 heteroatoms. The Morgan fingerprint density at radius 1 is 1.09 bits per heavy atom. The number of fused-ring (bicyclic) bond motifs is 3. The average Bonchev–Trinajstić information content (AvgIpc) is 2.90. The Hall–Kier alpha value is -3.02. The van der Waals surface area contributed by atoms with Crippen LogP contribution in [0.3, 0.4) is 0 Å². The molecule has 0 saturated carbocycles. The Bertz CT molecular complexity index is 854. The second-order valence-electron chi connectivity index (χ2n) is 4.67. The number of hydrogen-bond donors (Lipinski definition) is 2. The molecule has 0 unspecified atom stereocenters. The lowest BCUT2D eigenvalue weighted by molar-refractivity contribution is -0.121. The lowest BCUT2D eigenvalue weighted by atomic mass is 10.1. The number of para-hydroxylation sites is 1. The summed E-state index contributed by atoms with van der Waals surface area (Å²) in [6.45, 7) is -0.241. The third kappa shape index (κ3) is 2.71. The Morgan fingerprint density at radius 3 is 2.68 bits per heavy atom. The van der Waals surface area contributed by atoms with Crippen molar-refractivity contribution < 1.29 is 18.7 Å². The minimum Gasteiger partial charge on any atom is -0.484 e. The molecule has 0 atom stereocenters. The minimum absolute atomic E-state index is 0.241. The molecule has 0 spiro atoms. The third-order valence-electron chi connectivity index (χ3n) is 3.20. The summed E-state index contributed by atoms with van der Waals surface area (Å²) in [4.78, 5) is 22.5. The van der Waals surface area contributed by atoms with Gasteiger partial charge in [-0.15, -0.1) is 0 Å². The van der Waals surface area contributed by atoms with E-state index in [1.807, 2.05) is 30.3 Å². The predicted molar refractivity (Wildman–Crippen MR) is 81.8 cm³/mol. The zero-order chi connectivity index (χ0) is 15.5. The summed E-state index contributed by atoms with van der Waals surface area (Å²) in [6.07, 6.45) is 0. The molecule has 0 saturated heterocycles. The van der Waals surface area contributed by atoms with Crippen molar-refractivity contribution in [1.82, 2.24) is 10.6 Å². The van der Waals surface area contributed by atoms with E-state index in [1.165, 1.54) is 7.05 Å². The van der Waals surface area contributed by atoms with Crippen molar-refractivity contribution in [3.8, 4) is 5.75 Å². The molecule has 3 aromatic rings. The Labute approximate surface area is 126 Å². The molecular weight excluding hydrogens is 284 g/mol. The van der Waals surface area contributed by atoms with Crippen molar-refractivity contribution in [3.05, 3.63) is 42.5 Å². The molecular formula is C16H14N2O4. The number of ether oxygens (including phenoxy) is 1. The number of carbonyl (C=O) groups excluding carboxylic acids is 2. The van der Waals surface area contributed by atoms with E-state index in [0.717, 1.165) is 21.9 Å². The van der Waals surface area contributed by atoms with Gasteiger partial charge in [0.15, 0.2) is 6.61 Å². The molecule has 112 valence electrons. The summed E-state index contributed by atoms with van der Waals surface area (Å²) in [6, 6.07) is 12.5. The second kappa shape index (κ2) is 5.77. The number of imide groups is 1. The predicted octanol–water partition coefficient (Wildman–Crippen LogP) is 2.42. The van der Waals surface area contributed by atoms with Crippen molar-refractivity contribution in [2.24, 2.45) is 0 Å². The van der Waals surface area contributed by atoms with Gasteiger partial charge in [-0.2, -0.15) is 0 Å². The van der Waals surface area contributed by atoms with Crippen molar-refractivity contribution in [2.75, 3.05) is 13.7 Å². The molecule has 2 N–H and O–H groups in total. The van der Waals surface area contributed by atoms with Gasteiger partial charge in [0.05, 0.1) is 0 Å². The van der Waals surface area contributed by atoms with Gasteiger partial charge in [0.25, 0.3) is 5.91 Å². The summed E-state index contributed by atoms with van der Waals surface area (Å²) >= 11 is 0. The fraction of sp³-hybridized carbons (Fsp3) is 0.125. The fourth-order valence-electron chi connectivity index (χ4n) is 2.17. The first-order valence-corrected chi connectivity index (χ1v) is 6.73. The third-order valence-corrected chi connectivity index (χ3v) is 3.20. The number of carbonyl (C=O) groups is 2. The highest BCUT2D eigenvalue weighted by atomic mass is 16.5. The molecule has 0 fully saturated rings. The van der Waals surface area contributed by atoms with Crippen LogP contribution in [-0.2, 0) is 4.79 Å². The SMILES string of the molecule is CNC(=O)NC(=O)COc1ccc2oc3ccccc3c2c1. The number of nitrogens with one attached hydrogen (secondary N) is 2. The smallest absolute Gasteiger partial charge is 0.321 e. The van der Waals surface area contributed by atoms with Gasteiger partial charge in [-0.25, -0.2) is 4.79 Å². The lowest BCUT2D eigenvalue weighted by Crippen LogP contribution is -2.39. The first kappa shape index (κ1) is 13.9. The van der Waals surface area contributed by atoms with Crippen molar-refractivity contribution in [3.63, 3.8) is 0 Å². The summed E-state index contributed by atoms with van der Waals surface area (Å²) in [5, 5.41) is 6.33. The second-order valence-corrected chi connectivity index (χ2v) is 4.67. The first-order chi connectivity index (χ1) is 10.7. The monoisotopic (exact) mass is 298 g/mol. The maximum absolute atomic E-state index is 11.5. The number of benzene rings is 2. The molecule has 2 aromatic carbocycles. The zero-order valence-electron chi connectivity index (χ0n) is 11.9. The van der Waals surface area contributed by atoms with E-state index in [1.54, 1.807) is 12.1 Å². The largest absolute Gasteiger partial charge is 0.484 e. The molecule has 0 aliphatic heterocycles. The summed E-state index contributed by atoms with van der Waals surface area (Å²) < 4.78 is 11.1. The van der Waals surface area contributed by atoms with Gasteiger partial charge in [-0.05, 0) is 24.3 Å². The van der Waals surface area contributed by atoms with Crippen LogP contribution in [0.4, 0.5) is 4.79 Å². The van der Waals surface area contributed by atoms with E-state index >= 15 is 0 Å². The highest BCUT2D eigenvalue weighted by molar-refractivity contribution is 6.05. The van der Waals surface area contributed by atoms with Crippen LogP contribution in [0, 0.1) is 0 Å². The maximum atomic E-state index is 11.5. The molecule has 3 amide bonds. The summed E-state index contributed by atoms with van der Waals surface area (Å²) in [7, 11) is 1.43. The topological polar surface area (TPSA) is 80.6 Å². The van der Waals surface area contributed by atoms with Crippen LogP contribution in [0.1, 0.15) is 0 Å². The summed E-state index contributed by atoms with van der Waals surface area (Å²) in [5.41, 5.74) is 1.55. The normalized spacial score (nSPS) is 10.6. The van der Waals surface area contributed by atoms with Crippen LogP contribution in [0.25, 0.3) is 21.9 Å². The molecule has 0 aliphatic rings. The van der Waals surface area contributed by atoms with Crippen molar-refractivity contribution in [2.45, 2.75) is 0 Å². The molecule has 6 nitrogen and oxygen atoms in total. The van der Waals surface area contributed by atoms with E-state index in [9.17, 15) is 9.59 Å². The number of urea groups is 1. The summed E-state index contributed by atoms with van der Waals surface area (Å²) in [5.74, 6) is 0.0163. The highest BCUT2D eigenvalue weighted by Gasteiger charge is 2.09. The first-order valence-electron chi connectivity index (χ1n) is 6.73. The zero-order valence-corrected chi connectivity index (χ0v) is 11.9. The quantitative estimate of drug-likeness (QED) is 0.778. The van der Waals surface area contributed by atoms with Gasteiger partial charge >= 0.3 is 6.03 Å². The van der Waals surface area contributed by atoms with Crippen LogP contribution in [0.5, 0.6) is 5.75 Å². The number of hydrogen-bond acceptors (Lipinski definition) is 4. The van der Waals surface area contributed by atoms with Crippen LogP contribution in [0.2, 0.25) is 0 Å². The Morgan fingerprint density at radius 2 is 1.86 bits per heavy atom. The highest BCUT2D eigenvalue weighted by Crippen LogP contribution is 2.31. The molecule has 0 radical (unpaired) electrons. The maximum Gasteiger partial charge on any atom is 0.321 e. The number of rotatable bonds is 3. The minimum atomic E-state index is -0.565. The van der Waals surface area contributed by atoms with Crippen molar-refractivity contribution in [1.29, 1.82) is 0 Å². The fourth-order valence-corrected chi connectivity index (χ4v) is 2.17. The van der Waals surface area contributed by atoms with Crippen molar-refractivity contribution >= 4 is 33.9 Å². The van der Waals surface area contributed by atoms with E-state index in [0.29, 0.717) is 5.75 Å². The molecule has 1 heterocycles. The lowest BCUT2D eigenvalue weighted by Gasteiger charge is -2.06. The van der Waals surface area contributed by atoms with Crippen LogP contribution in [0.15, 0.2) is 46.9 Å². The standard InChI is InChI=1S/C16H14N2O4/c1-17-16(20)18-15(19)9-21-10-6-7-14-12(8-10)11-4-2-3-5-13(11)22-14/h2-8H,9H2,1H3,(H2,17,18,19,20). The van der Waals surface area contributed by atoms with Gasteiger partial charge < -0.3 is 14.5 Å². The van der Waals surface area contributed by atoms with E-state index in [2.05, 4.69) is 10.6 Å². The average molecular weight is 298 g/mol.